The van der Waals surface area contributed by atoms with Gasteiger partial charge in [-0.15, -0.1) is 5.10 Å². The van der Waals surface area contributed by atoms with E-state index in [0.29, 0.717) is 11.9 Å². The number of rotatable bonds is 5. The van der Waals surface area contributed by atoms with Crippen molar-refractivity contribution in [2.75, 3.05) is 18.9 Å². The average Bonchev–Trinajstić information content (AvgIpc) is 2.94. The van der Waals surface area contributed by atoms with Gasteiger partial charge in [0.1, 0.15) is 0 Å². The van der Waals surface area contributed by atoms with Crippen molar-refractivity contribution in [3.8, 4) is 0 Å². The second-order valence-electron chi connectivity index (χ2n) is 5.00. The van der Waals surface area contributed by atoms with Gasteiger partial charge >= 0.3 is 6.01 Å². The molecule has 0 aromatic carbocycles. The summed E-state index contributed by atoms with van der Waals surface area (Å²) in [6.07, 6.45) is 4.00. The highest BCUT2D eigenvalue weighted by atomic mass is 16.4. The molecule has 0 bridgehead atoms. The van der Waals surface area contributed by atoms with Crippen molar-refractivity contribution < 1.29 is 4.42 Å². The van der Waals surface area contributed by atoms with Crippen LogP contribution in [0.5, 0.6) is 0 Å². The number of hydrogen-bond acceptors (Lipinski definition) is 5. The van der Waals surface area contributed by atoms with E-state index in [9.17, 15) is 0 Å². The Morgan fingerprint density at radius 3 is 2.88 bits per heavy atom. The molecule has 1 saturated carbocycles. The minimum absolute atomic E-state index is 0.100. The quantitative estimate of drug-likeness (QED) is 0.823. The topological polar surface area (TPSA) is 63.0 Å². The Morgan fingerprint density at radius 1 is 1.41 bits per heavy atom. The molecule has 3 unspecified atom stereocenters. The fourth-order valence-electron chi connectivity index (χ4n) is 2.35. The molecule has 5 heteroatoms. The van der Waals surface area contributed by atoms with E-state index in [1.54, 1.807) is 0 Å². The van der Waals surface area contributed by atoms with E-state index in [-0.39, 0.29) is 6.04 Å². The Kier molecular flexibility index (Phi) is 3.99. The molecule has 3 atom stereocenters. The van der Waals surface area contributed by atoms with E-state index in [0.717, 1.165) is 18.4 Å². The van der Waals surface area contributed by atoms with E-state index >= 15 is 0 Å². The molecular formula is C12H22N4O. The summed E-state index contributed by atoms with van der Waals surface area (Å²) >= 11 is 0. The van der Waals surface area contributed by atoms with Crippen LogP contribution in [0.15, 0.2) is 4.42 Å². The Bertz CT molecular complexity index is 352. The van der Waals surface area contributed by atoms with Crippen molar-refractivity contribution in [2.24, 2.45) is 11.8 Å². The van der Waals surface area contributed by atoms with Crippen LogP contribution >= 0.6 is 0 Å². The summed E-state index contributed by atoms with van der Waals surface area (Å²) in [7, 11) is 1.88. The molecule has 1 fully saturated rings. The highest BCUT2D eigenvalue weighted by Gasteiger charge is 2.23. The fourth-order valence-corrected chi connectivity index (χ4v) is 2.35. The number of nitrogens with one attached hydrogen (secondary N) is 2. The predicted molar refractivity (Wildman–Crippen MR) is 66.8 cm³/mol. The Hall–Kier alpha value is -1.10. The van der Waals surface area contributed by atoms with Crippen molar-refractivity contribution >= 4 is 6.01 Å². The minimum atomic E-state index is 0.100. The van der Waals surface area contributed by atoms with Gasteiger partial charge in [0.05, 0.1) is 6.04 Å². The smallest absolute Gasteiger partial charge is 0.315 e. The van der Waals surface area contributed by atoms with Crippen molar-refractivity contribution in [3.05, 3.63) is 5.89 Å². The maximum Gasteiger partial charge on any atom is 0.315 e. The molecule has 1 heterocycles. The molecule has 0 amide bonds. The Balaban J connectivity index is 1.84. The summed E-state index contributed by atoms with van der Waals surface area (Å²) in [5, 5.41) is 14.3. The first-order chi connectivity index (χ1) is 8.20. The van der Waals surface area contributed by atoms with Gasteiger partial charge in [-0.1, -0.05) is 24.9 Å². The van der Waals surface area contributed by atoms with Gasteiger partial charge in [-0.25, -0.2) is 0 Å². The van der Waals surface area contributed by atoms with Crippen LogP contribution < -0.4 is 10.6 Å². The number of anilines is 1. The van der Waals surface area contributed by atoms with E-state index in [4.69, 9.17) is 4.42 Å². The molecule has 96 valence electrons. The van der Waals surface area contributed by atoms with E-state index in [1.165, 1.54) is 19.3 Å². The predicted octanol–water partition coefficient (Wildman–Crippen LogP) is 2.20. The highest BCUT2D eigenvalue weighted by molar-refractivity contribution is 5.17. The summed E-state index contributed by atoms with van der Waals surface area (Å²) in [5.41, 5.74) is 0. The first kappa shape index (κ1) is 12.4. The van der Waals surface area contributed by atoms with Gasteiger partial charge < -0.3 is 15.1 Å². The fraction of sp³-hybridized carbons (Fsp3) is 0.833. The van der Waals surface area contributed by atoms with Crippen LogP contribution in [-0.4, -0.2) is 23.8 Å². The van der Waals surface area contributed by atoms with Crippen LogP contribution in [0, 0.1) is 11.8 Å². The molecule has 5 nitrogen and oxygen atoms in total. The highest BCUT2D eigenvalue weighted by Crippen LogP contribution is 2.31. The van der Waals surface area contributed by atoms with Gasteiger partial charge in [0.25, 0.3) is 0 Å². The van der Waals surface area contributed by atoms with Crippen LogP contribution in [0.3, 0.4) is 0 Å². The van der Waals surface area contributed by atoms with Gasteiger partial charge in [-0.3, -0.25) is 0 Å². The molecule has 1 aliphatic rings. The van der Waals surface area contributed by atoms with E-state index in [1.807, 2.05) is 14.0 Å². The molecule has 1 aromatic heterocycles. The zero-order chi connectivity index (χ0) is 12.3. The van der Waals surface area contributed by atoms with E-state index in [2.05, 4.69) is 27.8 Å². The van der Waals surface area contributed by atoms with Gasteiger partial charge in [-0.2, -0.15) is 0 Å². The standard InChI is InChI=1S/C12H22N4O/c1-8-5-4-6-10(8)7-14-12-16-15-11(17-12)9(2)13-3/h8-10,13H,4-7H2,1-3H3,(H,14,16). The number of nitrogens with zero attached hydrogens (tertiary/aromatic N) is 2. The molecule has 0 saturated heterocycles. The third-order valence-corrected chi connectivity index (χ3v) is 3.80. The SMILES string of the molecule is CNC(C)c1nnc(NCC2CCCC2C)o1. The maximum atomic E-state index is 5.54. The lowest BCUT2D eigenvalue weighted by Crippen LogP contribution is -2.16. The van der Waals surface area contributed by atoms with Crippen molar-refractivity contribution in [3.63, 3.8) is 0 Å². The van der Waals surface area contributed by atoms with Crippen LogP contribution in [-0.2, 0) is 0 Å². The van der Waals surface area contributed by atoms with Gasteiger partial charge in [0.2, 0.25) is 5.89 Å². The number of hydrogen-bond donors (Lipinski definition) is 2. The Labute approximate surface area is 102 Å². The third kappa shape index (κ3) is 2.97. The lowest BCUT2D eigenvalue weighted by Gasteiger charge is -2.14. The molecule has 2 rings (SSSR count). The summed E-state index contributed by atoms with van der Waals surface area (Å²) < 4.78 is 5.54. The van der Waals surface area contributed by atoms with E-state index < -0.39 is 0 Å². The largest absolute Gasteiger partial charge is 0.406 e. The zero-order valence-corrected chi connectivity index (χ0v) is 10.9. The summed E-state index contributed by atoms with van der Waals surface area (Å²) in [6, 6.07) is 0.643. The lowest BCUT2D eigenvalue weighted by atomic mass is 9.98. The molecule has 0 aliphatic heterocycles. The second-order valence-corrected chi connectivity index (χ2v) is 5.00. The first-order valence-corrected chi connectivity index (χ1v) is 6.45. The summed E-state index contributed by atoms with van der Waals surface area (Å²) in [6.45, 7) is 5.26. The number of aromatic nitrogens is 2. The molecule has 17 heavy (non-hydrogen) atoms. The molecular weight excluding hydrogens is 216 g/mol. The van der Waals surface area contributed by atoms with Crippen LogP contribution in [0.1, 0.15) is 45.0 Å². The zero-order valence-electron chi connectivity index (χ0n) is 10.9. The van der Waals surface area contributed by atoms with Crippen molar-refractivity contribution in [1.29, 1.82) is 0 Å². The average molecular weight is 238 g/mol. The monoisotopic (exact) mass is 238 g/mol. The van der Waals surface area contributed by atoms with Crippen LogP contribution in [0.25, 0.3) is 0 Å². The summed E-state index contributed by atoms with van der Waals surface area (Å²) in [5.74, 6) is 2.18. The molecule has 1 aromatic rings. The summed E-state index contributed by atoms with van der Waals surface area (Å²) in [4.78, 5) is 0. The van der Waals surface area contributed by atoms with Crippen molar-refractivity contribution in [2.45, 2.75) is 39.2 Å². The maximum absolute atomic E-state index is 5.54. The third-order valence-electron chi connectivity index (χ3n) is 3.80. The van der Waals surface area contributed by atoms with Crippen molar-refractivity contribution in [1.82, 2.24) is 15.5 Å². The first-order valence-electron chi connectivity index (χ1n) is 6.45. The molecule has 2 N–H and O–H groups in total. The van der Waals surface area contributed by atoms with Gasteiger partial charge in [0, 0.05) is 6.54 Å². The van der Waals surface area contributed by atoms with Crippen LogP contribution in [0.4, 0.5) is 6.01 Å². The normalized spacial score (nSPS) is 26.1. The molecule has 0 radical (unpaired) electrons. The van der Waals surface area contributed by atoms with Crippen LogP contribution in [0.2, 0.25) is 0 Å². The molecule has 1 aliphatic carbocycles. The van der Waals surface area contributed by atoms with Gasteiger partial charge in [0.15, 0.2) is 0 Å². The second kappa shape index (κ2) is 5.49. The molecule has 0 spiro atoms. The minimum Gasteiger partial charge on any atom is -0.406 e. The lowest BCUT2D eigenvalue weighted by molar-refractivity contribution is 0.419. The van der Waals surface area contributed by atoms with Gasteiger partial charge in [-0.05, 0) is 32.2 Å². The Morgan fingerprint density at radius 2 is 2.24 bits per heavy atom.